The van der Waals surface area contributed by atoms with Crippen LogP contribution in [0.2, 0.25) is 0 Å². The lowest BCUT2D eigenvalue weighted by Crippen LogP contribution is -2.41. The number of carbonyl (C=O) groups excluding carboxylic acids is 1. The number of hydrogen-bond acceptors (Lipinski definition) is 3. The predicted octanol–water partition coefficient (Wildman–Crippen LogP) is 2.15. The molecule has 20 heavy (non-hydrogen) atoms. The number of carbonyl (C=O) groups is 2. The first kappa shape index (κ1) is 18.9. The highest BCUT2D eigenvalue weighted by Gasteiger charge is 2.21. The summed E-state index contributed by atoms with van der Waals surface area (Å²) >= 11 is 0. The second-order valence-electron chi connectivity index (χ2n) is 5.86. The summed E-state index contributed by atoms with van der Waals surface area (Å²) in [7, 11) is 0. The molecule has 0 aromatic heterocycles. The standard InChI is InChI=1S/C15H30N2O3/c1-4-5-12(8-9-16)6-7-14(18)17-13(15(19)20)10-11(2)3/h11-13H,4-10,16H2,1-3H3,(H,17,18)(H,19,20)/t12?,13-/m1/s1. The van der Waals surface area contributed by atoms with Crippen molar-refractivity contribution >= 4 is 11.9 Å². The molecule has 0 bridgehead atoms. The highest BCUT2D eigenvalue weighted by Crippen LogP contribution is 2.17. The number of amides is 1. The van der Waals surface area contributed by atoms with Crippen molar-refractivity contribution in [2.24, 2.45) is 17.6 Å². The van der Waals surface area contributed by atoms with Gasteiger partial charge in [-0.3, -0.25) is 4.79 Å². The zero-order chi connectivity index (χ0) is 15.5. The fourth-order valence-electron chi connectivity index (χ4n) is 2.37. The van der Waals surface area contributed by atoms with Gasteiger partial charge in [0.25, 0.3) is 0 Å². The average molecular weight is 286 g/mol. The average Bonchev–Trinajstić information content (AvgIpc) is 2.35. The largest absolute Gasteiger partial charge is 0.480 e. The number of hydrogen-bond donors (Lipinski definition) is 3. The molecule has 0 aliphatic rings. The molecule has 0 aromatic rings. The Balaban J connectivity index is 4.20. The van der Waals surface area contributed by atoms with E-state index in [9.17, 15) is 9.59 Å². The van der Waals surface area contributed by atoms with Gasteiger partial charge in [0.2, 0.25) is 5.91 Å². The van der Waals surface area contributed by atoms with Gasteiger partial charge < -0.3 is 16.2 Å². The first-order valence-electron chi connectivity index (χ1n) is 7.62. The molecule has 0 aliphatic heterocycles. The Bertz CT molecular complexity index is 287. The van der Waals surface area contributed by atoms with E-state index in [4.69, 9.17) is 10.8 Å². The van der Waals surface area contributed by atoms with Crippen molar-refractivity contribution in [2.45, 2.75) is 65.3 Å². The second kappa shape index (κ2) is 10.7. The molecule has 1 unspecified atom stereocenters. The van der Waals surface area contributed by atoms with Crippen molar-refractivity contribution in [3.8, 4) is 0 Å². The molecule has 0 radical (unpaired) electrons. The van der Waals surface area contributed by atoms with Crippen LogP contribution in [-0.2, 0) is 9.59 Å². The van der Waals surface area contributed by atoms with Crippen molar-refractivity contribution < 1.29 is 14.7 Å². The van der Waals surface area contributed by atoms with E-state index in [0.29, 0.717) is 25.3 Å². The Hall–Kier alpha value is -1.10. The number of nitrogens with two attached hydrogens (primary N) is 1. The van der Waals surface area contributed by atoms with Gasteiger partial charge in [0.1, 0.15) is 6.04 Å². The topological polar surface area (TPSA) is 92.4 Å². The number of rotatable bonds is 11. The van der Waals surface area contributed by atoms with Gasteiger partial charge in [-0.2, -0.15) is 0 Å². The Morgan fingerprint density at radius 3 is 2.30 bits per heavy atom. The molecule has 5 nitrogen and oxygen atoms in total. The van der Waals surface area contributed by atoms with E-state index in [2.05, 4.69) is 12.2 Å². The molecule has 0 heterocycles. The first-order valence-corrected chi connectivity index (χ1v) is 7.62. The Kier molecular flexibility index (Phi) is 10.1. The van der Waals surface area contributed by atoms with Crippen LogP contribution in [0.1, 0.15) is 59.3 Å². The third kappa shape index (κ3) is 8.91. The fourth-order valence-corrected chi connectivity index (χ4v) is 2.37. The van der Waals surface area contributed by atoms with Crippen LogP contribution >= 0.6 is 0 Å². The van der Waals surface area contributed by atoms with Crippen molar-refractivity contribution in [3.05, 3.63) is 0 Å². The normalized spacial score (nSPS) is 14.1. The maximum absolute atomic E-state index is 11.8. The van der Waals surface area contributed by atoms with E-state index in [0.717, 1.165) is 25.7 Å². The highest BCUT2D eigenvalue weighted by molar-refractivity contribution is 5.83. The maximum Gasteiger partial charge on any atom is 0.326 e. The summed E-state index contributed by atoms with van der Waals surface area (Å²) in [5, 5.41) is 11.7. The zero-order valence-electron chi connectivity index (χ0n) is 13.0. The summed E-state index contributed by atoms with van der Waals surface area (Å²) < 4.78 is 0. The van der Waals surface area contributed by atoms with Gasteiger partial charge in [-0.1, -0.05) is 33.6 Å². The lowest BCUT2D eigenvalue weighted by atomic mass is 9.94. The predicted molar refractivity (Wildman–Crippen MR) is 80.3 cm³/mol. The molecule has 0 saturated heterocycles. The Morgan fingerprint density at radius 2 is 1.85 bits per heavy atom. The van der Waals surface area contributed by atoms with E-state index in [1.54, 1.807) is 0 Å². The fraction of sp³-hybridized carbons (Fsp3) is 0.867. The minimum Gasteiger partial charge on any atom is -0.480 e. The van der Waals surface area contributed by atoms with Gasteiger partial charge in [-0.15, -0.1) is 0 Å². The van der Waals surface area contributed by atoms with Crippen LogP contribution < -0.4 is 11.1 Å². The lowest BCUT2D eigenvalue weighted by molar-refractivity contribution is -0.142. The van der Waals surface area contributed by atoms with Crippen molar-refractivity contribution in [2.75, 3.05) is 6.54 Å². The molecule has 118 valence electrons. The SMILES string of the molecule is CCCC(CCN)CCC(=O)N[C@H](CC(C)C)C(=O)O. The van der Waals surface area contributed by atoms with Gasteiger partial charge in [0.15, 0.2) is 0 Å². The van der Waals surface area contributed by atoms with Gasteiger partial charge >= 0.3 is 5.97 Å². The van der Waals surface area contributed by atoms with E-state index in [-0.39, 0.29) is 11.8 Å². The molecule has 1 amide bonds. The molecule has 4 N–H and O–H groups in total. The van der Waals surface area contributed by atoms with Gasteiger partial charge in [-0.25, -0.2) is 4.79 Å². The zero-order valence-corrected chi connectivity index (χ0v) is 13.0. The summed E-state index contributed by atoms with van der Waals surface area (Å²) in [5.74, 6) is -0.430. The molecule has 0 aromatic carbocycles. The molecule has 0 saturated carbocycles. The van der Waals surface area contributed by atoms with Crippen molar-refractivity contribution in [3.63, 3.8) is 0 Å². The molecule has 5 heteroatoms. The van der Waals surface area contributed by atoms with Crippen LogP contribution in [0.5, 0.6) is 0 Å². The maximum atomic E-state index is 11.8. The summed E-state index contributed by atoms with van der Waals surface area (Å²) in [6.07, 6.45) is 4.70. The molecule has 0 aliphatic carbocycles. The minimum absolute atomic E-state index is 0.170. The Morgan fingerprint density at radius 1 is 1.20 bits per heavy atom. The number of nitrogens with one attached hydrogen (secondary N) is 1. The molecule has 0 fully saturated rings. The second-order valence-corrected chi connectivity index (χ2v) is 5.86. The van der Waals surface area contributed by atoms with Gasteiger partial charge in [-0.05, 0) is 37.6 Å². The molecule has 0 rings (SSSR count). The number of carboxylic acid groups (broad SMARTS) is 1. The highest BCUT2D eigenvalue weighted by atomic mass is 16.4. The van der Waals surface area contributed by atoms with Crippen molar-refractivity contribution in [1.82, 2.24) is 5.32 Å². The van der Waals surface area contributed by atoms with Crippen LogP contribution in [0, 0.1) is 11.8 Å². The van der Waals surface area contributed by atoms with Gasteiger partial charge in [0.05, 0.1) is 0 Å². The minimum atomic E-state index is -0.959. The third-order valence-corrected chi connectivity index (χ3v) is 3.39. The van der Waals surface area contributed by atoms with Crippen LogP contribution in [0.25, 0.3) is 0 Å². The molecule has 2 atom stereocenters. The number of carboxylic acids is 1. The van der Waals surface area contributed by atoms with Crippen LogP contribution in [0.4, 0.5) is 0 Å². The van der Waals surface area contributed by atoms with E-state index < -0.39 is 12.0 Å². The third-order valence-electron chi connectivity index (χ3n) is 3.39. The first-order chi connectivity index (χ1) is 9.40. The lowest BCUT2D eigenvalue weighted by Gasteiger charge is -2.18. The monoisotopic (exact) mass is 286 g/mol. The summed E-state index contributed by atoms with van der Waals surface area (Å²) in [6.45, 7) is 6.64. The summed E-state index contributed by atoms with van der Waals surface area (Å²) in [6, 6.07) is -0.776. The van der Waals surface area contributed by atoms with E-state index >= 15 is 0 Å². The summed E-state index contributed by atoms with van der Waals surface area (Å²) in [4.78, 5) is 22.9. The van der Waals surface area contributed by atoms with Crippen LogP contribution in [0.3, 0.4) is 0 Å². The van der Waals surface area contributed by atoms with Gasteiger partial charge in [0, 0.05) is 6.42 Å². The summed E-state index contributed by atoms with van der Waals surface area (Å²) in [5.41, 5.74) is 5.56. The smallest absolute Gasteiger partial charge is 0.326 e. The van der Waals surface area contributed by atoms with Crippen LogP contribution in [0.15, 0.2) is 0 Å². The molecular weight excluding hydrogens is 256 g/mol. The number of aliphatic carboxylic acids is 1. The molecular formula is C15H30N2O3. The van der Waals surface area contributed by atoms with Crippen LogP contribution in [-0.4, -0.2) is 29.6 Å². The van der Waals surface area contributed by atoms with Crippen molar-refractivity contribution in [1.29, 1.82) is 0 Å². The quantitative estimate of drug-likeness (QED) is 0.542. The van der Waals surface area contributed by atoms with E-state index in [1.165, 1.54) is 0 Å². The van der Waals surface area contributed by atoms with E-state index in [1.807, 2.05) is 13.8 Å². The Labute approximate surface area is 122 Å². The molecule has 0 spiro atoms.